The van der Waals surface area contributed by atoms with E-state index in [9.17, 15) is 0 Å². The summed E-state index contributed by atoms with van der Waals surface area (Å²) in [6, 6.07) is 0. The summed E-state index contributed by atoms with van der Waals surface area (Å²) < 4.78 is 5.49. The molecule has 3 atom stereocenters. The number of hydrogen-bond donors (Lipinski definition) is 2. The first-order valence-corrected chi connectivity index (χ1v) is 9.77. The minimum absolute atomic E-state index is 0.0270. The zero-order chi connectivity index (χ0) is 17.2. The smallest absolute Gasteiger partial charge is 0.0948 e. The molecule has 2 aliphatic carbocycles. The van der Waals surface area contributed by atoms with E-state index < -0.39 is 0 Å². The molecule has 0 bridgehead atoms. The number of ether oxygens (including phenoxy) is 1. The lowest BCUT2D eigenvalue weighted by Gasteiger charge is -2.35. The first kappa shape index (κ1) is 19.3. The third kappa shape index (κ3) is 5.82. The predicted octanol–water partition coefficient (Wildman–Crippen LogP) is 4.14. The van der Waals surface area contributed by atoms with Crippen molar-refractivity contribution >= 4 is 11.4 Å². The Bertz CT molecular complexity index is 444. The molecule has 2 rings (SSSR count). The quantitative estimate of drug-likeness (QED) is 0.623. The van der Waals surface area contributed by atoms with E-state index in [1.165, 1.54) is 44.2 Å². The van der Waals surface area contributed by atoms with Crippen molar-refractivity contribution in [1.29, 1.82) is 5.41 Å². The summed E-state index contributed by atoms with van der Waals surface area (Å²) in [6.07, 6.45) is 16.1. The Labute approximate surface area is 147 Å². The van der Waals surface area contributed by atoms with Crippen LogP contribution in [0.3, 0.4) is 0 Å². The summed E-state index contributed by atoms with van der Waals surface area (Å²) in [5.41, 5.74) is 7.51. The van der Waals surface area contributed by atoms with Crippen LogP contribution < -0.4 is 5.73 Å². The number of allylic oxidation sites excluding steroid dienone is 2. The Balaban J connectivity index is 1.80. The van der Waals surface area contributed by atoms with Gasteiger partial charge < -0.3 is 15.9 Å². The van der Waals surface area contributed by atoms with Crippen LogP contribution in [0.25, 0.3) is 0 Å². The molecule has 0 aromatic carbocycles. The average Bonchev–Trinajstić information content (AvgIpc) is 2.78. The molecule has 3 N–H and O–H groups in total. The molecule has 0 radical (unpaired) electrons. The van der Waals surface area contributed by atoms with Gasteiger partial charge in [0.15, 0.2) is 0 Å². The van der Waals surface area contributed by atoms with Gasteiger partial charge in [-0.1, -0.05) is 31.8 Å². The van der Waals surface area contributed by atoms with Gasteiger partial charge in [0.25, 0.3) is 0 Å². The molecule has 0 aromatic rings. The molecule has 3 unspecified atom stereocenters. The molecule has 0 aliphatic heterocycles. The molecular formula is C20H35N3O. The van der Waals surface area contributed by atoms with Crippen molar-refractivity contribution in [3.63, 3.8) is 0 Å². The molecule has 1 fully saturated rings. The number of nitrogens with zero attached hydrogens (tertiary/aromatic N) is 1. The van der Waals surface area contributed by atoms with E-state index in [1.807, 2.05) is 0 Å². The number of rotatable bonds is 9. The van der Waals surface area contributed by atoms with Crippen molar-refractivity contribution in [3.8, 4) is 0 Å². The first-order chi connectivity index (χ1) is 11.8. The van der Waals surface area contributed by atoms with Crippen LogP contribution in [0.1, 0.15) is 64.2 Å². The lowest BCUT2D eigenvalue weighted by molar-refractivity contribution is 0.108. The number of unbranched alkanes of at least 4 members (excludes halogenated alkanes) is 5. The number of methoxy groups -OCH3 is 1. The van der Waals surface area contributed by atoms with Gasteiger partial charge in [0.2, 0.25) is 0 Å². The first-order valence-electron chi connectivity index (χ1n) is 9.77. The summed E-state index contributed by atoms with van der Waals surface area (Å²) >= 11 is 0. The number of fused-ring (bicyclic) bond motifs is 1. The van der Waals surface area contributed by atoms with Crippen LogP contribution >= 0.6 is 0 Å². The average molecular weight is 334 g/mol. The Hall–Kier alpha value is -1.00. The molecule has 4 heteroatoms. The van der Waals surface area contributed by atoms with Crippen LogP contribution in [0.2, 0.25) is 0 Å². The van der Waals surface area contributed by atoms with E-state index >= 15 is 0 Å². The van der Waals surface area contributed by atoms with Crippen LogP contribution in [-0.2, 0) is 4.74 Å². The Morgan fingerprint density at radius 3 is 2.71 bits per heavy atom. The van der Waals surface area contributed by atoms with Crippen molar-refractivity contribution in [2.75, 3.05) is 20.2 Å². The number of nitrogens with two attached hydrogens (primary N) is 1. The molecule has 0 heterocycles. The fourth-order valence-electron chi connectivity index (χ4n) is 4.00. The SMILES string of the molecule is COC1CC2CCC=CC(=NCCCCCCCCN)C2CC1=N. The molecule has 0 aromatic heterocycles. The van der Waals surface area contributed by atoms with Crippen molar-refractivity contribution in [1.82, 2.24) is 0 Å². The molecule has 0 saturated heterocycles. The summed E-state index contributed by atoms with van der Waals surface area (Å²) in [5, 5.41) is 8.24. The van der Waals surface area contributed by atoms with E-state index in [2.05, 4.69) is 12.2 Å². The molecule has 136 valence electrons. The summed E-state index contributed by atoms with van der Waals surface area (Å²) in [4.78, 5) is 4.92. The second kappa shape index (κ2) is 10.8. The second-order valence-electron chi connectivity index (χ2n) is 7.25. The van der Waals surface area contributed by atoms with E-state index in [-0.39, 0.29) is 6.10 Å². The van der Waals surface area contributed by atoms with Crippen molar-refractivity contribution < 1.29 is 4.74 Å². The van der Waals surface area contributed by atoms with Gasteiger partial charge in [-0.05, 0) is 57.1 Å². The minimum Gasteiger partial charge on any atom is -0.376 e. The van der Waals surface area contributed by atoms with Crippen molar-refractivity contribution in [3.05, 3.63) is 12.2 Å². The van der Waals surface area contributed by atoms with E-state index in [0.29, 0.717) is 11.8 Å². The molecular weight excluding hydrogens is 298 g/mol. The highest BCUT2D eigenvalue weighted by Gasteiger charge is 2.36. The largest absolute Gasteiger partial charge is 0.376 e. The van der Waals surface area contributed by atoms with Gasteiger partial charge in [0.1, 0.15) is 0 Å². The van der Waals surface area contributed by atoms with Crippen LogP contribution in [0, 0.1) is 17.2 Å². The summed E-state index contributed by atoms with van der Waals surface area (Å²) in [7, 11) is 1.73. The van der Waals surface area contributed by atoms with E-state index in [0.717, 1.165) is 44.5 Å². The zero-order valence-electron chi connectivity index (χ0n) is 15.3. The maximum atomic E-state index is 8.24. The fraction of sp³-hybridized carbons (Fsp3) is 0.800. The Kier molecular flexibility index (Phi) is 8.68. The summed E-state index contributed by atoms with van der Waals surface area (Å²) in [5.74, 6) is 1.06. The Morgan fingerprint density at radius 1 is 1.21 bits per heavy atom. The minimum atomic E-state index is 0.0270. The van der Waals surface area contributed by atoms with Gasteiger partial charge in [-0.25, -0.2) is 0 Å². The van der Waals surface area contributed by atoms with Crippen LogP contribution in [0.15, 0.2) is 17.1 Å². The van der Waals surface area contributed by atoms with Crippen LogP contribution in [0.4, 0.5) is 0 Å². The van der Waals surface area contributed by atoms with E-state index in [4.69, 9.17) is 20.9 Å². The second-order valence-corrected chi connectivity index (χ2v) is 7.25. The van der Waals surface area contributed by atoms with Gasteiger partial charge in [0.05, 0.1) is 6.10 Å². The maximum Gasteiger partial charge on any atom is 0.0948 e. The summed E-state index contributed by atoms with van der Waals surface area (Å²) in [6.45, 7) is 1.75. The van der Waals surface area contributed by atoms with Crippen molar-refractivity contribution in [2.24, 2.45) is 22.6 Å². The highest BCUT2D eigenvalue weighted by Crippen LogP contribution is 2.36. The molecule has 0 amide bonds. The standard InChI is InChI=1S/C20H35N3O/c1-24-20-14-16-10-6-7-11-19(17(16)15-18(20)22)23-13-9-5-3-2-4-8-12-21/h7,11,16-17,20,22H,2-6,8-10,12-15,21H2,1H3. The third-order valence-corrected chi connectivity index (χ3v) is 5.48. The van der Waals surface area contributed by atoms with Gasteiger partial charge in [0, 0.05) is 31.0 Å². The number of nitrogens with one attached hydrogen (secondary N) is 1. The van der Waals surface area contributed by atoms with Gasteiger partial charge in [-0.2, -0.15) is 0 Å². The fourth-order valence-corrected chi connectivity index (χ4v) is 4.00. The number of hydrogen-bond acceptors (Lipinski definition) is 4. The number of aliphatic imine (C=N–C) groups is 1. The monoisotopic (exact) mass is 333 g/mol. The van der Waals surface area contributed by atoms with Crippen molar-refractivity contribution in [2.45, 2.75) is 70.3 Å². The molecule has 24 heavy (non-hydrogen) atoms. The van der Waals surface area contributed by atoms with Gasteiger partial charge in [-0.15, -0.1) is 0 Å². The lowest BCUT2D eigenvalue weighted by Crippen LogP contribution is -2.39. The highest BCUT2D eigenvalue weighted by molar-refractivity contribution is 6.01. The third-order valence-electron chi connectivity index (χ3n) is 5.48. The lowest BCUT2D eigenvalue weighted by atomic mass is 9.73. The molecule has 2 aliphatic rings. The maximum absolute atomic E-state index is 8.24. The Morgan fingerprint density at radius 2 is 1.96 bits per heavy atom. The molecule has 0 spiro atoms. The zero-order valence-corrected chi connectivity index (χ0v) is 15.3. The normalized spacial score (nSPS) is 28.8. The van der Waals surface area contributed by atoms with E-state index in [1.54, 1.807) is 7.11 Å². The molecule has 1 saturated carbocycles. The van der Waals surface area contributed by atoms with Crippen LogP contribution in [-0.4, -0.2) is 37.7 Å². The van der Waals surface area contributed by atoms with Gasteiger partial charge in [-0.3, -0.25) is 4.99 Å². The topological polar surface area (TPSA) is 71.5 Å². The highest BCUT2D eigenvalue weighted by atomic mass is 16.5. The van der Waals surface area contributed by atoms with Gasteiger partial charge >= 0.3 is 0 Å². The van der Waals surface area contributed by atoms with Crippen LogP contribution in [0.5, 0.6) is 0 Å². The molecule has 4 nitrogen and oxygen atoms in total. The predicted molar refractivity (Wildman–Crippen MR) is 102 cm³/mol.